The quantitative estimate of drug-likeness (QED) is 0.637. The predicted octanol–water partition coefficient (Wildman–Crippen LogP) is 5.30. The van der Waals surface area contributed by atoms with Crippen LogP contribution in [0.4, 0.5) is 0 Å². The average molecular weight is 315 g/mol. The van der Waals surface area contributed by atoms with Crippen molar-refractivity contribution in [2.45, 2.75) is 78.1 Å². The van der Waals surface area contributed by atoms with Gasteiger partial charge in [0.1, 0.15) is 0 Å². The van der Waals surface area contributed by atoms with Gasteiger partial charge in [-0.05, 0) is 85.9 Å². The lowest BCUT2D eigenvalue weighted by Gasteiger charge is -2.59. The maximum absolute atomic E-state index is 10.9. The SMILES string of the molecule is C[C@@]12CCCC1C1CCC3CC(CC([O])=O)=CC[C@]3(C)C1CC2. The minimum atomic E-state index is -0.909. The van der Waals surface area contributed by atoms with Crippen molar-refractivity contribution >= 4 is 5.97 Å². The highest BCUT2D eigenvalue weighted by Gasteiger charge is 2.57. The molecule has 3 saturated carbocycles. The molecule has 0 amide bonds. The van der Waals surface area contributed by atoms with E-state index in [-0.39, 0.29) is 6.42 Å². The van der Waals surface area contributed by atoms with E-state index < -0.39 is 5.97 Å². The second-order valence-corrected chi connectivity index (χ2v) is 9.56. The Morgan fingerprint density at radius 2 is 1.96 bits per heavy atom. The summed E-state index contributed by atoms with van der Waals surface area (Å²) in [5, 5.41) is 10.9. The van der Waals surface area contributed by atoms with Gasteiger partial charge in [0.15, 0.2) is 0 Å². The molecule has 4 rings (SSSR count). The van der Waals surface area contributed by atoms with Crippen molar-refractivity contribution in [3.05, 3.63) is 11.6 Å². The van der Waals surface area contributed by atoms with Crippen LogP contribution in [-0.2, 0) is 9.90 Å². The molecule has 4 aliphatic carbocycles. The van der Waals surface area contributed by atoms with E-state index in [0.717, 1.165) is 36.2 Å². The number of fused-ring (bicyclic) bond motifs is 5. The van der Waals surface area contributed by atoms with Gasteiger partial charge in [-0.1, -0.05) is 31.9 Å². The minimum Gasteiger partial charge on any atom is -0.247 e. The number of carbonyl (C=O) groups excluding carboxylic acids is 1. The van der Waals surface area contributed by atoms with E-state index in [2.05, 4.69) is 19.9 Å². The van der Waals surface area contributed by atoms with Gasteiger partial charge in [0.2, 0.25) is 0 Å². The molecular formula is C21H31O2. The molecule has 3 fully saturated rings. The van der Waals surface area contributed by atoms with Gasteiger partial charge >= 0.3 is 5.97 Å². The van der Waals surface area contributed by atoms with Crippen molar-refractivity contribution in [1.82, 2.24) is 0 Å². The fourth-order valence-corrected chi connectivity index (χ4v) is 7.28. The normalized spacial score (nSPS) is 48.9. The number of allylic oxidation sites excluding steroid dienone is 1. The second-order valence-electron chi connectivity index (χ2n) is 9.56. The van der Waals surface area contributed by atoms with Crippen LogP contribution < -0.4 is 0 Å². The third-order valence-electron chi connectivity index (χ3n) is 8.56. The van der Waals surface area contributed by atoms with Gasteiger partial charge in [0.25, 0.3) is 0 Å². The Bertz CT molecular complexity index is 536. The molecule has 0 N–H and O–H groups in total. The molecule has 2 heteroatoms. The van der Waals surface area contributed by atoms with Gasteiger partial charge in [-0.25, -0.2) is 9.90 Å². The molecular weight excluding hydrogens is 284 g/mol. The largest absolute Gasteiger partial charge is 0.359 e. The molecule has 0 heterocycles. The highest BCUT2D eigenvalue weighted by Crippen LogP contribution is 2.66. The zero-order valence-electron chi connectivity index (χ0n) is 14.8. The van der Waals surface area contributed by atoms with E-state index in [9.17, 15) is 9.90 Å². The van der Waals surface area contributed by atoms with Crippen LogP contribution in [0.15, 0.2) is 11.6 Å². The smallest absolute Gasteiger partial charge is 0.247 e. The van der Waals surface area contributed by atoms with Gasteiger partial charge in [-0.3, -0.25) is 0 Å². The van der Waals surface area contributed by atoms with Crippen LogP contribution in [0.25, 0.3) is 0 Å². The fourth-order valence-electron chi connectivity index (χ4n) is 7.28. The minimum absolute atomic E-state index is 0.154. The number of carbonyl (C=O) groups is 1. The summed E-state index contributed by atoms with van der Waals surface area (Å²) in [7, 11) is 0. The van der Waals surface area contributed by atoms with E-state index >= 15 is 0 Å². The molecule has 0 aliphatic heterocycles. The molecule has 0 spiro atoms. The third kappa shape index (κ3) is 2.39. The molecule has 0 saturated heterocycles. The van der Waals surface area contributed by atoms with Crippen molar-refractivity contribution < 1.29 is 9.90 Å². The maximum atomic E-state index is 10.9. The molecule has 127 valence electrons. The molecule has 0 aromatic rings. The van der Waals surface area contributed by atoms with Crippen LogP contribution in [0.1, 0.15) is 78.1 Å². The van der Waals surface area contributed by atoms with Crippen molar-refractivity contribution in [3.8, 4) is 0 Å². The van der Waals surface area contributed by atoms with E-state index in [0.29, 0.717) is 16.7 Å². The predicted molar refractivity (Wildman–Crippen MR) is 90.1 cm³/mol. The Labute approximate surface area is 140 Å². The molecule has 0 bridgehead atoms. The summed E-state index contributed by atoms with van der Waals surface area (Å²) in [6, 6.07) is 0. The summed E-state index contributed by atoms with van der Waals surface area (Å²) in [6.45, 7) is 5.09. The zero-order chi connectivity index (χ0) is 16.2. The lowest BCUT2D eigenvalue weighted by molar-refractivity contribution is -0.142. The second kappa shape index (κ2) is 5.36. The Morgan fingerprint density at radius 3 is 2.74 bits per heavy atom. The van der Waals surface area contributed by atoms with Crippen LogP contribution in [0, 0.1) is 34.5 Å². The van der Waals surface area contributed by atoms with Crippen LogP contribution in [-0.4, -0.2) is 5.97 Å². The van der Waals surface area contributed by atoms with E-state index in [1.54, 1.807) is 0 Å². The third-order valence-corrected chi connectivity index (χ3v) is 8.56. The first kappa shape index (κ1) is 15.7. The monoisotopic (exact) mass is 315 g/mol. The van der Waals surface area contributed by atoms with Gasteiger partial charge in [0.05, 0.1) is 6.42 Å². The molecule has 23 heavy (non-hydrogen) atoms. The molecule has 1 radical (unpaired) electrons. The standard InChI is InChI=1S/C21H31O2/c1-20-9-3-4-17(20)16-6-5-15-12-14(13-19(22)23)7-11-21(15,2)18(16)8-10-20/h7,15-18H,3-6,8-13H2,1-2H3/t15?,16?,17?,18?,20-,21-/m0/s1. The molecule has 0 aromatic carbocycles. The van der Waals surface area contributed by atoms with Crippen molar-refractivity contribution in [2.24, 2.45) is 34.5 Å². The van der Waals surface area contributed by atoms with E-state index in [4.69, 9.17) is 0 Å². The van der Waals surface area contributed by atoms with Crippen LogP contribution in [0.3, 0.4) is 0 Å². The van der Waals surface area contributed by atoms with Gasteiger partial charge in [0, 0.05) is 0 Å². The van der Waals surface area contributed by atoms with Crippen LogP contribution in [0.2, 0.25) is 0 Å². The van der Waals surface area contributed by atoms with E-state index in [1.165, 1.54) is 44.9 Å². The van der Waals surface area contributed by atoms with E-state index in [1.807, 2.05) is 0 Å². The first-order valence-electron chi connectivity index (χ1n) is 9.80. The first-order chi connectivity index (χ1) is 10.9. The Hall–Kier alpha value is -0.790. The number of hydrogen-bond donors (Lipinski definition) is 0. The number of hydrogen-bond acceptors (Lipinski definition) is 1. The molecule has 4 unspecified atom stereocenters. The summed E-state index contributed by atoms with van der Waals surface area (Å²) in [5.74, 6) is 2.57. The zero-order valence-corrected chi connectivity index (χ0v) is 14.8. The van der Waals surface area contributed by atoms with Gasteiger partial charge in [-0.2, -0.15) is 0 Å². The first-order valence-corrected chi connectivity index (χ1v) is 9.80. The molecule has 4 aliphatic rings. The average Bonchev–Trinajstić information content (AvgIpc) is 2.89. The van der Waals surface area contributed by atoms with Gasteiger partial charge in [-0.15, -0.1) is 0 Å². The van der Waals surface area contributed by atoms with Crippen LogP contribution in [0.5, 0.6) is 0 Å². The number of rotatable bonds is 2. The molecule has 0 aromatic heterocycles. The van der Waals surface area contributed by atoms with Crippen molar-refractivity contribution in [1.29, 1.82) is 0 Å². The fraction of sp³-hybridized carbons (Fsp3) is 0.857. The lowest BCUT2D eigenvalue weighted by Crippen LogP contribution is -2.51. The topological polar surface area (TPSA) is 37.0 Å². The summed E-state index contributed by atoms with van der Waals surface area (Å²) in [4.78, 5) is 10.9. The Kier molecular flexibility index (Phi) is 3.66. The highest BCUT2D eigenvalue weighted by molar-refractivity contribution is 5.69. The Balaban J connectivity index is 1.58. The lowest BCUT2D eigenvalue weighted by atomic mass is 9.45. The molecule has 2 nitrogen and oxygen atoms in total. The maximum Gasteiger partial charge on any atom is 0.359 e. The van der Waals surface area contributed by atoms with Crippen molar-refractivity contribution in [2.75, 3.05) is 0 Å². The van der Waals surface area contributed by atoms with Gasteiger partial charge < -0.3 is 0 Å². The summed E-state index contributed by atoms with van der Waals surface area (Å²) < 4.78 is 0. The van der Waals surface area contributed by atoms with Crippen LogP contribution >= 0.6 is 0 Å². The summed E-state index contributed by atoms with van der Waals surface area (Å²) in [6.07, 6.45) is 14.4. The molecule has 6 atom stereocenters. The summed E-state index contributed by atoms with van der Waals surface area (Å²) in [5.41, 5.74) is 2.18. The summed E-state index contributed by atoms with van der Waals surface area (Å²) >= 11 is 0. The Morgan fingerprint density at radius 1 is 1.13 bits per heavy atom. The highest BCUT2D eigenvalue weighted by atomic mass is 16.4. The van der Waals surface area contributed by atoms with Crippen molar-refractivity contribution in [3.63, 3.8) is 0 Å².